The first-order valence-electron chi connectivity index (χ1n) is 4.59. The summed E-state index contributed by atoms with van der Waals surface area (Å²) in [6, 6.07) is 0. The van der Waals surface area contributed by atoms with Crippen molar-refractivity contribution in [2.75, 3.05) is 0 Å². The number of carbonyl (C=O) groups is 1. The van der Waals surface area contributed by atoms with E-state index in [-0.39, 0.29) is 12.5 Å². The molecule has 0 aliphatic rings. The number of hydrogen-bond acceptors (Lipinski definition) is 1. The van der Waals surface area contributed by atoms with Gasteiger partial charge in [-0.3, -0.25) is 4.79 Å². The molecule has 0 N–H and O–H groups in total. The lowest BCUT2D eigenvalue weighted by Gasteiger charge is -2.00. The van der Waals surface area contributed by atoms with E-state index >= 15 is 0 Å². The molecule has 0 spiro atoms. The van der Waals surface area contributed by atoms with Crippen molar-refractivity contribution in [3.05, 3.63) is 12.2 Å². The Morgan fingerprint density at radius 2 is 1.77 bits per heavy atom. The number of rotatable bonds is 7. The van der Waals surface area contributed by atoms with E-state index in [9.17, 15) is 4.79 Å². The average molecular weight is 202 g/mol. The highest BCUT2D eigenvalue weighted by Crippen LogP contribution is 2.11. The SMILES string of the molecule is C.C=C(CCCCCCC)C(=O)S. The predicted molar refractivity (Wildman–Crippen MR) is 63.2 cm³/mol. The van der Waals surface area contributed by atoms with E-state index in [0.717, 1.165) is 12.8 Å². The van der Waals surface area contributed by atoms with Gasteiger partial charge in [-0.1, -0.05) is 46.6 Å². The topological polar surface area (TPSA) is 17.1 Å². The fourth-order valence-corrected chi connectivity index (χ4v) is 1.16. The Morgan fingerprint density at radius 1 is 1.23 bits per heavy atom. The molecular weight excluding hydrogens is 180 g/mol. The van der Waals surface area contributed by atoms with Crippen LogP contribution in [0.25, 0.3) is 0 Å². The number of hydrogen-bond donors (Lipinski definition) is 1. The summed E-state index contributed by atoms with van der Waals surface area (Å²) in [7, 11) is 0. The lowest BCUT2D eigenvalue weighted by molar-refractivity contribution is -0.107. The molecular formula is C11H22OS. The van der Waals surface area contributed by atoms with E-state index in [4.69, 9.17) is 0 Å². The highest BCUT2D eigenvalue weighted by molar-refractivity contribution is 7.97. The summed E-state index contributed by atoms with van der Waals surface area (Å²) in [6.07, 6.45) is 6.91. The van der Waals surface area contributed by atoms with Gasteiger partial charge in [0.15, 0.2) is 0 Å². The van der Waals surface area contributed by atoms with Crippen LogP contribution in [0.3, 0.4) is 0 Å². The number of thiol groups is 1. The van der Waals surface area contributed by atoms with Crippen molar-refractivity contribution >= 4 is 17.7 Å². The zero-order valence-corrected chi connectivity index (χ0v) is 8.70. The lowest BCUT2D eigenvalue weighted by atomic mass is 10.1. The molecule has 0 radical (unpaired) electrons. The molecule has 0 bridgehead atoms. The van der Waals surface area contributed by atoms with E-state index in [1.165, 1.54) is 25.7 Å². The Bertz CT molecular complexity index is 152. The minimum absolute atomic E-state index is 0. The molecule has 0 aliphatic carbocycles. The van der Waals surface area contributed by atoms with Crippen molar-refractivity contribution < 1.29 is 4.79 Å². The predicted octanol–water partition coefficient (Wildman–Crippen LogP) is 4.00. The molecule has 13 heavy (non-hydrogen) atoms. The molecule has 0 aromatic rings. The van der Waals surface area contributed by atoms with Gasteiger partial charge in [-0.05, 0) is 18.4 Å². The highest BCUT2D eigenvalue weighted by Gasteiger charge is 1.99. The Balaban J connectivity index is 0. The molecule has 0 saturated carbocycles. The normalized spacial score (nSPS) is 9.08. The van der Waals surface area contributed by atoms with Crippen LogP contribution < -0.4 is 0 Å². The summed E-state index contributed by atoms with van der Waals surface area (Å²) in [5.41, 5.74) is 0.648. The van der Waals surface area contributed by atoms with Crippen LogP contribution in [-0.4, -0.2) is 5.12 Å². The van der Waals surface area contributed by atoms with Crippen molar-refractivity contribution in [1.29, 1.82) is 0 Å². The molecule has 0 heterocycles. The smallest absolute Gasteiger partial charge is 0.211 e. The standard InChI is InChI=1S/C10H18OS.CH4/c1-3-4-5-6-7-8-9(2)10(11)12;/h2-8H2,1H3,(H,11,12);1H4. The largest absolute Gasteiger partial charge is 0.282 e. The maximum atomic E-state index is 10.6. The lowest BCUT2D eigenvalue weighted by Crippen LogP contribution is -1.91. The van der Waals surface area contributed by atoms with Crippen molar-refractivity contribution in [2.45, 2.75) is 52.9 Å². The summed E-state index contributed by atoms with van der Waals surface area (Å²) in [4.78, 5) is 10.6. The first-order valence-corrected chi connectivity index (χ1v) is 5.04. The summed E-state index contributed by atoms with van der Waals surface area (Å²) < 4.78 is 0. The van der Waals surface area contributed by atoms with Gasteiger partial charge in [0, 0.05) is 0 Å². The fourth-order valence-electron chi connectivity index (χ4n) is 1.05. The van der Waals surface area contributed by atoms with Gasteiger partial charge in [0.1, 0.15) is 0 Å². The minimum atomic E-state index is -0.162. The third-order valence-electron chi connectivity index (χ3n) is 1.88. The van der Waals surface area contributed by atoms with Crippen molar-refractivity contribution in [2.24, 2.45) is 0 Å². The van der Waals surface area contributed by atoms with E-state index in [2.05, 4.69) is 26.1 Å². The molecule has 0 aromatic heterocycles. The Kier molecular flexibility index (Phi) is 11.5. The average Bonchev–Trinajstić information content (AvgIpc) is 2.03. The number of carbonyl (C=O) groups excluding carboxylic acids is 1. The third-order valence-corrected chi connectivity index (χ3v) is 2.20. The van der Waals surface area contributed by atoms with Gasteiger partial charge in [0.25, 0.3) is 0 Å². The molecule has 0 unspecified atom stereocenters. The molecule has 1 nitrogen and oxygen atoms in total. The van der Waals surface area contributed by atoms with Crippen molar-refractivity contribution in [3.8, 4) is 0 Å². The summed E-state index contributed by atoms with van der Waals surface area (Å²) in [5.74, 6) is 0. The van der Waals surface area contributed by atoms with Gasteiger partial charge < -0.3 is 0 Å². The van der Waals surface area contributed by atoms with Crippen LogP contribution in [0.2, 0.25) is 0 Å². The van der Waals surface area contributed by atoms with Gasteiger partial charge in [0.2, 0.25) is 5.12 Å². The van der Waals surface area contributed by atoms with Gasteiger partial charge in [0.05, 0.1) is 0 Å². The van der Waals surface area contributed by atoms with Gasteiger partial charge in [-0.25, -0.2) is 0 Å². The first kappa shape index (κ1) is 15.2. The molecule has 0 aliphatic heterocycles. The van der Waals surface area contributed by atoms with Crippen LogP contribution in [0.4, 0.5) is 0 Å². The fraction of sp³-hybridized carbons (Fsp3) is 0.727. The quantitative estimate of drug-likeness (QED) is 0.375. The molecule has 0 atom stereocenters. The maximum absolute atomic E-state index is 10.6. The van der Waals surface area contributed by atoms with E-state index < -0.39 is 0 Å². The highest BCUT2D eigenvalue weighted by atomic mass is 32.1. The van der Waals surface area contributed by atoms with E-state index in [1.807, 2.05) is 0 Å². The van der Waals surface area contributed by atoms with Gasteiger partial charge in [-0.15, -0.1) is 12.6 Å². The second-order valence-electron chi connectivity index (χ2n) is 3.07. The minimum Gasteiger partial charge on any atom is -0.282 e. The van der Waals surface area contributed by atoms with Crippen LogP contribution >= 0.6 is 12.6 Å². The monoisotopic (exact) mass is 202 g/mol. The van der Waals surface area contributed by atoms with Crippen LogP contribution in [-0.2, 0) is 4.79 Å². The van der Waals surface area contributed by atoms with Crippen molar-refractivity contribution in [3.63, 3.8) is 0 Å². The molecule has 0 fully saturated rings. The van der Waals surface area contributed by atoms with E-state index in [1.54, 1.807) is 0 Å². The van der Waals surface area contributed by atoms with Crippen LogP contribution in [0.5, 0.6) is 0 Å². The van der Waals surface area contributed by atoms with Crippen LogP contribution in [0.15, 0.2) is 12.2 Å². The second kappa shape index (κ2) is 9.85. The van der Waals surface area contributed by atoms with Crippen molar-refractivity contribution in [1.82, 2.24) is 0 Å². The third kappa shape index (κ3) is 9.68. The first-order chi connectivity index (χ1) is 5.68. The zero-order chi connectivity index (χ0) is 9.40. The Hall–Kier alpha value is -0.240. The van der Waals surface area contributed by atoms with Gasteiger partial charge in [-0.2, -0.15) is 0 Å². The van der Waals surface area contributed by atoms with E-state index in [0.29, 0.717) is 5.57 Å². The molecule has 0 saturated heterocycles. The molecule has 2 heteroatoms. The summed E-state index contributed by atoms with van der Waals surface area (Å²) in [6.45, 7) is 5.84. The summed E-state index contributed by atoms with van der Waals surface area (Å²) >= 11 is 3.70. The zero-order valence-electron chi connectivity index (χ0n) is 7.81. The second-order valence-corrected chi connectivity index (χ2v) is 3.48. The molecule has 78 valence electrons. The van der Waals surface area contributed by atoms with Crippen LogP contribution in [0.1, 0.15) is 52.9 Å². The number of unbranched alkanes of at least 4 members (excludes halogenated alkanes) is 4. The van der Waals surface area contributed by atoms with Crippen LogP contribution in [0, 0.1) is 0 Å². The molecule has 0 aromatic carbocycles. The Labute approximate surface area is 88.0 Å². The van der Waals surface area contributed by atoms with Gasteiger partial charge >= 0.3 is 0 Å². The Morgan fingerprint density at radius 3 is 2.23 bits per heavy atom. The maximum Gasteiger partial charge on any atom is 0.211 e. The molecule has 0 rings (SSSR count). The molecule has 0 amide bonds. The summed E-state index contributed by atoms with van der Waals surface area (Å²) in [5, 5.41) is -0.162.